The molecule has 1 aromatic heterocycles. The predicted molar refractivity (Wildman–Crippen MR) is 84.5 cm³/mol. The number of ether oxygens (including phenoxy) is 1. The molecule has 118 valence electrons. The quantitative estimate of drug-likeness (QED) is 0.853. The van der Waals surface area contributed by atoms with Crippen LogP contribution in [0.25, 0.3) is 10.1 Å². The zero-order chi connectivity index (χ0) is 15.9. The Hall–Kier alpha value is -1.48. The van der Waals surface area contributed by atoms with Gasteiger partial charge in [0.1, 0.15) is 9.77 Å². The lowest BCUT2D eigenvalue weighted by atomic mass is 10.2. The summed E-state index contributed by atoms with van der Waals surface area (Å²) in [4.78, 5) is 12.2. The molecule has 2 N–H and O–H groups in total. The van der Waals surface area contributed by atoms with E-state index in [0.29, 0.717) is 18.4 Å². The van der Waals surface area contributed by atoms with E-state index in [1.807, 2.05) is 6.07 Å². The highest BCUT2D eigenvalue weighted by molar-refractivity contribution is 7.89. The summed E-state index contributed by atoms with van der Waals surface area (Å²) in [6, 6.07) is 6.90. The number of sulfonamides is 1. The molecular formula is C14H16N2O4S2. The first kappa shape index (κ1) is 15.4. The minimum Gasteiger partial charge on any atom is -0.465 e. The van der Waals surface area contributed by atoms with E-state index in [2.05, 4.69) is 0 Å². The highest BCUT2D eigenvalue weighted by atomic mass is 32.2. The van der Waals surface area contributed by atoms with Crippen molar-refractivity contribution in [1.82, 2.24) is 4.31 Å². The van der Waals surface area contributed by atoms with Crippen LogP contribution in [0.3, 0.4) is 0 Å². The fourth-order valence-corrected chi connectivity index (χ4v) is 5.89. The highest BCUT2D eigenvalue weighted by Gasteiger charge is 2.36. The second kappa shape index (κ2) is 5.62. The van der Waals surface area contributed by atoms with Crippen LogP contribution in [0, 0.1) is 0 Å². The molecule has 0 amide bonds. The van der Waals surface area contributed by atoms with Crippen molar-refractivity contribution in [3.63, 3.8) is 0 Å². The normalized spacial score (nSPS) is 19.6. The third-order valence-electron chi connectivity index (χ3n) is 3.71. The van der Waals surface area contributed by atoms with Gasteiger partial charge in [-0.15, -0.1) is 11.3 Å². The van der Waals surface area contributed by atoms with E-state index in [9.17, 15) is 13.2 Å². The summed E-state index contributed by atoms with van der Waals surface area (Å²) in [6.45, 7) is 0.640. The van der Waals surface area contributed by atoms with Gasteiger partial charge in [0, 0.05) is 29.2 Å². The van der Waals surface area contributed by atoms with Crippen molar-refractivity contribution in [3.8, 4) is 0 Å². The number of hydrogen-bond acceptors (Lipinski definition) is 6. The van der Waals surface area contributed by atoms with Crippen LogP contribution in [0.4, 0.5) is 0 Å². The van der Waals surface area contributed by atoms with Crippen molar-refractivity contribution >= 4 is 37.4 Å². The van der Waals surface area contributed by atoms with Crippen LogP contribution in [-0.4, -0.2) is 44.9 Å². The van der Waals surface area contributed by atoms with E-state index in [-0.39, 0.29) is 22.4 Å². The smallest absolute Gasteiger partial charge is 0.349 e. The first-order valence-corrected chi connectivity index (χ1v) is 9.06. The number of nitrogens with zero attached hydrogens (tertiary/aromatic N) is 1. The van der Waals surface area contributed by atoms with Crippen LogP contribution in [0.2, 0.25) is 0 Å². The van der Waals surface area contributed by atoms with Gasteiger partial charge in [-0.05, 0) is 12.5 Å². The van der Waals surface area contributed by atoms with Gasteiger partial charge in [0.2, 0.25) is 10.0 Å². The Kier molecular flexibility index (Phi) is 3.94. The Morgan fingerprint density at radius 3 is 2.77 bits per heavy atom. The number of fused-ring (bicyclic) bond motifs is 1. The number of nitrogens with two attached hydrogens (primary N) is 1. The summed E-state index contributed by atoms with van der Waals surface area (Å²) in [5.41, 5.74) is 5.82. The van der Waals surface area contributed by atoms with Gasteiger partial charge in [0.25, 0.3) is 0 Å². The molecule has 1 fully saturated rings. The maximum atomic E-state index is 13.0. The molecule has 1 aliphatic heterocycles. The second-order valence-electron chi connectivity index (χ2n) is 5.16. The molecule has 0 saturated carbocycles. The zero-order valence-corrected chi connectivity index (χ0v) is 13.6. The molecule has 0 radical (unpaired) electrons. The molecule has 6 nitrogen and oxygen atoms in total. The van der Waals surface area contributed by atoms with E-state index in [4.69, 9.17) is 10.5 Å². The van der Waals surface area contributed by atoms with Gasteiger partial charge in [-0.2, -0.15) is 4.31 Å². The molecule has 1 saturated heterocycles. The number of hydrogen-bond donors (Lipinski definition) is 1. The third kappa shape index (κ3) is 2.41. The molecule has 8 heteroatoms. The van der Waals surface area contributed by atoms with Gasteiger partial charge in [-0.25, -0.2) is 13.2 Å². The number of benzene rings is 1. The average molecular weight is 340 g/mol. The van der Waals surface area contributed by atoms with Crippen LogP contribution in [-0.2, 0) is 14.8 Å². The van der Waals surface area contributed by atoms with Crippen LogP contribution in [0.1, 0.15) is 16.1 Å². The number of thiophene rings is 1. The van der Waals surface area contributed by atoms with Crippen molar-refractivity contribution in [3.05, 3.63) is 29.1 Å². The van der Waals surface area contributed by atoms with Gasteiger partial charge in [-0.3, -0.25) is 0 Å². The number of methoxy groups -OCH3 is 1. The molecule has 0 aliphatic carbocycles. The van der Waals surface area contributed by atoms with Crippen LogP contribution < -0.4 is 5.73 Å². The van der Waals surface area contributed by atoms with Crippen molar-refractivity contribution in [2.24, 2.45) is 5.73 Å². The predicted octanol–water partition coefficient (Wildman–Crippen LogP) is 1.41. The molecule has 1 aliphatic rings. The minimum atomic E-state index is -3.78. The van der Waals surface area contributed by atoms with Gasteiger partial charge >= 0.3 is 5.97 Å². The lowest BCUT2D eigenvalue weighted by Crippen LogP contribution is -2.32. The molecule has 2 heterocycles. The van der Waals surface area contributed by atoms with Crippen molar-refractivity contribution in [2.75, 3.05) is 20.2 Å². The molecule has 0 unspecified atom stereocenters. The van der Waals surface area contributed by atoms with Crippen LogP contribution in [0.15, 0.2) is 29.2 Å². The Bertz CT molecular complexity index is 828. The lowest BCUT2D eigenvalue weighted by Gasteiger charge is -2.16. The van der Waals surface area contributed by atoms with Crippen LogP contribution in [0.5, 0.6) is 0 Å². The number of esters is 1. The summed E-state index contributed by atoms with van der Waals surface area (Å²) >= 11 is 1.13. The number of rotatable bonds is 3. The molecular weight excluding hydrogens is 324 g/mol. The Labute approximate surface area is 132 Å². The first-order valence-electron chi connectivity index (χ1n) is 6.80. The highest BCUT2D eigenvalue weighted by Crippen LogP contribution is 2.37. The van der Waals surface area contributed by atoms with Crippen molar-refractivity contribution < 1.29 is 17.9 Å². The van der Waals surface area contributed by atoms with Crippen molar-refractivity contribution in [2.45, 2.75) is 17.4 Å². The largest absolute Gasteiger partial charge is 0.465 e. The van der Waals surface area contributed by atoms with Gasteiger partial charge in [0.15, 0.2) is 0 Å². The molecule has 3 rings (SSSR count). The molecule has 1 aromatic carbocycles. The number of carbonyl (C=O) groups excluding carboxylic acids is 1. The Morgan fingerprint density at radius 1 is 1.41 bits per heavy atom. The third-order valence-corrected chi connectivity index (χ3v) is 6.94. The topological polar surface area (TPSA) is 89.7 Å². The summed E-state index contributed by atoms with van der Waals surface area (Å²) in [6.07, 6.45) is 0.620. The van der Waals surface area contributed by atoms with E-state index >= 15 is 0 Å². The summed E-state index contributed by atoms with van der Waals surface area (Å²) < 4.78 is 32.8. The lowest BCUT2D eigenvalue weighted by molar-refractivity contribution is 0.0602. The Morgan fingerprint density at radius 2 is 2.14 bits per heavy atom. The van der Waals surface area contributed by atoms with E-state index in [1.54, 1.807) is 18.2 Å². The summed E-state index contributed by atoms with van der Waals surface area (Å²) in [7, 11) is -2.53. The van der Waals surface area contributed by atoms with Gasteiger partial charge < -0.3 is 10.5 Å². The molecule has 0 spiro atoms. The monoisotopic (exact) mass is 340 g/mol. The fraction of sp³-hybridized carbons (Fsp3) is 0.357. The number of carbonyl (C=O) groups is 1. The SMILES string of the molecule is COC(=O)c1sc2ccccc2c1S(=O)(=O)N1CC[C@@H](N)C1. The maximum absolute atomic E-state index is 13.0. The molecule has 22 heavy (non-hydrogen) atoms. The minimum absolute atomic E-state index is 0.0362. The van der Waals surface area contributed by atoms with E-state index < -0.39 is 16.0 Å². The van der Waals surface area contributed by atoms with E-state index in [1.165, 1.54) is 11.4 Å². The maximum Gasteiger partial charge on any atom is 0.349 e. The molecule has 2 aromatic rings. The Balaban J connectivity index is 2.22. The average Bonchev–Trinajstić information content (AvgIpc) is 3.10. The first-order chi connectivity index (χ1) is 10.4. The van der Waals surface area contributed by atoms with Crippen LogP contribution >= 0.6 is 11.3 Å². The second-order valence-corrected chi connectivity index (χ2v) is 8.09. The van der Waals surface area contributed by atoms with Crippen molar-refractivity contribution in [1.29, 1.82) is 0 Å². The fourth-order valence-electron chi connectivity index (χ4n) is 2.61. The summed E-state index contributed by atoms with van der Waals surface area (Å²) in [5.74, 6) is -0.636. The standard InChI is InChI=1S/C14H16N2O4S2/c1-20-14(17)12-13(10-4-2-3-5-11(10)21-12)22(18,19)16-7-6-9(15)8-16/h2-5,9H,6-8,15H2,1H3/t9-/m1/s1. The zero-order valence-electron chi connectivity index (χ0n) is 12.0. The molecule has 0 bridgehead atoms. The van der Waals surface area contributed by atoms with E-state index in [0.717, 1.165) is 16.0 Å². The summed E-state index contributed by atoms with van der Waals surface area (Å²) in [5, 5.41) is 0.549. The van der Waals surface area contributed by atoms with Gasteiger partial charge in [0.05, 0.1) is 7.11 Å². The molecule has 1 atom stereocenters. The van der Waals surface area contributed by atoms with Gasteiger partial charge in [-0.1, -0.05) is 18.2 Å².